The zero-order valence-corrected chi connectivity index (χ0v) is 15.2. The number of piperidine rings is 1. The van der Waals surface area contributed by atoms with Crippen molar-refractivity contribution in [2.75, 3.05) is 39.4 Å². The van der Waals surface area contributed by atoms with Gasteiger partial charge in [0.1, 0.15) is 6.04 Å². The lowest BCUT2D eigenvalue weighted by Crippen LogP contribution is -2.56. The van der Waals surface area contributed by atoms with Crippen molar-refractivity contribution in [3.05, 3.63) is 11.7 Å². The number of nitrogens with zero attached hydrogens (tertiary/aromatic N) is 4. The molecule has 1 aromatic heterocycles. The van der Waals surface area contributed by atoms with Gasteiger partial charge in [-0.25, -0.2) is 8.78 Å². The van der Waals surface area contributed by atoms with E-state index >= 15 is 0 Å². The Morgan fingerprint density at radius 1 is 1.27 bits per heavy atom. The molecule has 9 heteroatoms. The molecule has 7 nitrogen and oxygen atoms in total. The second-order valence-corrected chi connectivity index (χ2v) is 7.22. The third kappa shape index (κ3) is 4.37. The predicted molar refractivity (Wildman–Crippen MR) is 89.1 cm³/mol. The van der Waals surface area contributed by atoms with Crippen molar-refractivity contribution in [3.8, 4) is 0 Å². The van der Waals surface area contributed by atoms with Gasteiger partial charge >= 0.3 is 0 Å². The molecule has 2 saturated heterocycles. The number of amides is 1. The summed E-state index contributed by atoms with van der Waals surface area (Å²) in [4.78, 5) is 20.5. The Morgan fingerprint density at radius 3 is 2.62 bits per heavy atom. The van der Waals surface area contributed by atoms with Crippen LogP contribution in [0.5, 0.6) is 0 Å². The van der Waals surface area contributed by atoms with Gasteiger partial charge in [-0.15, -0.1) is 0 Å². The zero-order chi connectivity index (χ0) is 18.7. The Balaban J connectivity index is 1.57. The van der Waals surface area contributed by atoms with Crippen molar-refractivity contribution in [1.82, 2.24) is 19.9 Å². The van der Waals surface area contributed by atoms with Crippen LogP contribution < -0.4 is 0 Å². The van der Waals surface area contributed by atoms with Gasteiger partial charge in [0, 0.05) is 31.5 Å². The van der Waals surface area contributed by atoms with Gasteiger partial charge in [-0.2, -0.15) is 4.98 Å². The highest BCUT2D eigenvalue weighted by Gasteiger charge is 2.36. The molecule has 0 spiro atoms. The van der Waals surface area contributed by atoms with Gasteiger partial charge < -0.3 is 14.2 Å². The van der Waals surface area contributed by atoms with Gasteiger partial charge in [-0.05, 0) is 12.8 Å². The van der Waals surface area contributed by atoms with E-state index in [4.69, 9.17) is 9.26 Å². The number of hydrogen-bond acceptors (Lipinski definition) is 6. The molecule has 0 aromatic carbocycles. The molecule has 2 fully saturated rings. The average Bonchev–Trinajstić information content (AvgIpc) is 3.12. The monoisotopic (exact) mass is 372 g/mol. The number of ether oxygens (including phenoxy) is 1. The zero-order valence-electron chi connectivity index (χ0n) is 15.2. The number of likely N-dealkylation sites (tertiary alicyclic amines) is 1. The molecule has 1 atom stereocenters. The summed E-state index contributed by atoms with van der Waals surface area (Å²) in [5, 5.41) is 4.06. The summed E-state index contributed by atoms with van der Waals surface area (Å²) in [5.41, 5.74) is 0. The van der Waals surface area contributed by atoms with Crippen LogP contribution in [0.2, 0.25) is 0 Å². The number of hydrogen-bond donors (Lipinski definition) is 0. The third-order valence-corrected chi connectivity index (χ3v) is 5.02. The Hall–Kier alpha value is -1.61. The molecule has 146 valence electrons. The van der Waals surface area contributed by atoms with Crippen molar-refractivity contribution < 1.29 is 22.8 Å². The van der Waals surface area contributed by atoms with E-state index in [1.54, 1.807) is 4.90 Å². The number of carbonyl (C=O) groups is 1. The van der Waals surface area contributed by atoms with Gasteiger partial charge in [0.25, 0.3) is 6.43 Å². The van der Waals surface area contributed by atoms with E-state index in [2.05, 4.69) is 10.1 Å². The van der Waals surface area contributed by atoms with Gasteiger partial charge in [0.15, 0.2) is 5.82 Å². The lowest BCUT2D eigenvalue weighted by atomic mass is 9.95. The first-order chi connectivity index (χ1) is 12.5. The van der Waals surface area contributed by atoms with E-state index < -0.39 is 19.0 Å². The van der Waals surface area contributed by atoms with Gasteiger partial charge in [-0.1, -0.05) is 19.0 Å². The molecule has 1 amide bonds. The highest BCUT2D eigenvalue weighted by Crippen LogP contribution is 2.28. The number of morpholine rings is 1. The first-order valence-corrected chi connectivity index (χ1v) is 9.18. The van der Waals surface area contributed by atoms with E-state index in [-0.39, 0.29) is 24.3 Å². The lowest BCUT2D eigenvalue weighted by molar-refractivity contribution is -0.145. The van der Waals surface area contributed by atoms with Gasteiger partial charge in [0.05, 0.1) is 19.8 Å². The molecule has 2 aliphatic rings. The maximum Gasteiger partial charge on any atom is 0.251 e. The van der Waals surface area contributed by atoms with E-state index in [9.17, 15) is 13.6 Å². The Kier molecular flexibility index (Phi) is 6.18. The lowest BCUT2D eigenvalue weighted by Gasteiger charge is -2.39. The second-order valence-electron chi connectivity index (χ2n) is 7.22. The molecule has 0 unspecified atom stereocenters. The molecule has 26 heavy (non-hydrogen) atoms. The van der Waals surface area contributed by atoms with Gasteiger partial charge in [-0.3, -0.25) is 9.69 Å². The average molecular weight is 372 g/mol. The summed E-state index contributed by atoms with van der Waals surface area (Å²) >= 11 is 0. The molecule has 0 radical (unpaired) electrons. The second kappa shape index (κ2) is 8.39. The molecular formula is C17H26F2N4O3. The fourth-order valence-corrected chi connectivity index (χ4v) is 3.48. The Bertz CT molecular complexity index is 603. The number of alkyl halides is 2. The summed E-state index contributed by atoms with van der Waals surface area (Å²) in [6, 6.07) is -0.619. The number of carbonyl (C=O) groups excluding carboxylic acids is 1. The largest absolute Gasteiger partial charge is 0.378 e. The van der Waals surface area contributed by atoms with Crippen LogP contribution in [0.25, 0.3) is 0 Å². The first kappa shape index (κ1) is 19.2. The smallest absolute Gasteiger partial charge is 0.251 e. The molecule has 0 N–H and O–H groups in total. The maximum absolute atomic E-state index is 12.8. The Labute approximate surface area is 151 Å². The molecule has 2 aliphatic heterocycles. The van der Waals surface area contributed by atoms with E-state index in [1.165, 1.54) is 4.90 Å². The summed E-state index contributed by atoms with van der Waals surface area (Å²) < 4.78 is 36.2. The maximum atomic E-state index is 12.8. The summed E-state index contributed by atoms with van der Waals surface area (Å²) in [6.45, 7) is 5.64. The van der Waals surface area contributed by atoms with Crippen molar-refractivity contribution in [1.29, 1.82) is 0 Å². The normalized spacial score (nSPS) is 23.2. The third-order valence-electron chi connectivity index (χ3n) is 5.02. The fourth-order valence-electron chi connectivity index (χ4n) is 3.48. The standard InChI is InChI=1S/C17H26F2N4O3/c1-11(2)16-20-15(21-26-16)12-3-5-22(6-4-12)17(24)13-10-25-8-7-23(13)9-14(18)19/h11-14H,3-10H2,1-2H3/t13-/m0/s1. The molecule has 1 aromatic rings. The van der Waals surface area contributed by atoms with Crippen LogP contribution in [0.15, 0.2) is 4.52 Å². The molecular weight excluding hydrogens is 346 g/mol. The van der Waals surface area contributed by atoms with Crippen LogP contribution in [0, 0.1) is 0 Å². The molecule has 0 aliphatic carbocycles. The van der Waals surface area contributed by atoms with Crippen molar-refractivity contribution >= 4 is 5.91 Å². The number of aromatic nitrogens is 2. The van der Waals surface area contributed by atoms with Crippen LogP contribution in [-0.2, 0) is 9.53 Å². The van der Waals surface area contributed by atoms with Crippen LogP contribution in [0.4, 0.5) is 8.78 Å². The highest BCUT2D eigenvalue weighted by molar-refractivity contribution is 5.82. The predicted octanol–water partition coefficient (Wildman–Crippen LogP) is 1.86. The fraction of sp³-hybridized carbons (Fsp3) is 0.824. The SMILES string of the molecule is CC(C)c1nc(C2CCN(C(=O)[C@@H]3COCCN3CC(F)F)CC2)no1. The molecule has 0 saturated carbocycles. The minimum Gasteiger partial charge on any atom is -0.378 e. The van der Waals surface area contributed by atoms with E-state index in [1.807, 2.05) is 13.8 Å². The minimum absolute atomic E-state index is 0.125. The minimum atomic E-state index is -2.46. The van der Waals surface area contributed by atoms with Crippen LogP contribution in [-0.4, -0.2) is 77.7 Å². The Morgan fingerprint density at radius 2 is 2.00 bits per heavy atom. The number of rotatable bonds is 5. The first-order valence-electron chi connectivity index (χ1n) is 9.18. The van der Waals surface area contributed by atoms with E-state index in [0.717, 1.165) is 12.8 Å². The van der Waals surface area contributed by atoms with Crippen LogP contribution in [0.1, 0.15) is 50.2 Å². The van der Waals surface area contributed by atoms with Crippen LogP contribution in [0.3, 0.4) is 0 Å². The van der Waals surface area contributed by atoms with Crippen molar-refractivity contribution in [2.24, 2.45) is 0 Å². The molecule has 0 bridgehead atoms. The molecule has 3 heterocycles. The quantitative estimate of drug-likeness (QED) is 0.786. The van der Waals surface area contributed by atoms with Crippen molar-refractivity contribution in [2.45, 2.75) is 51.0 Å². The summed E-state index contributed by atoms with van der Waals surface area (Å²) in [5.74, 6) is 1.54. The van der Waals surface area contributed by atoms with Crippen LogP contribution >= 0.6 is 0 Å². The topological polar surface area (TPSA) is 71.7 Å². The molecule has 3 rings (SSSR count). The number of halogens is 2. The van der Waals surface area contributed by atoms with Crippen molar-refractivity contribution in [3.63, 3.8) is 0 Å². The van der Waals surface area contributed by atoms with E-state index in [0.29, 0.717) is 38.0 Å². The van der Waals surface area contributed by atoms with Gasteiger partial charge in [0.2, 0.25) is 11.8 Å². The highest BCUT2D eigenvalue weighted by atomic mass is 19.3. The summed E-state index contributed by atoms with van der Waals surface area (Å²) in [6.07, 6.45) is -0.973. The summed E-state index contributed by atoms with van der Waals surface area (Å²) in [7, 11) is 0.